The fourth-order valence-corrected chi connectivity index (χ4v) is 5.30. The molecule has 0 unspecified atom stereocenters. The Morgan fingerprint density at radius 3 is 2.74 bits per heavy atom. The molecule has 1 aromatic carbocycles. The Balaban J connectivity index is 1.50. The van der Waals surface area contributed by atoms with Gasteiger partial charge >= 0.3 is 0 Å². The van der Waals surface area contributed by atoms with Crippen LogP contribution in [-0.4, -0.2) is 43.2 Å². The molecule has 1 fully saturated rings. The number of pyridine rings is 1. The van der Waals surface area contributed by atoms with Gasteiger partial charge in [0.1, 0.15) is 5.75 Å². The number of nitrogens with zero attached hydrogens (tertiary/aromatic N) is 2. The molecule has 1 aliphatic heterocycles. The molecule has 31 heavy (non-hydrogen) atoms. The standard InChI is InChI=1S/C27H43N3O/c1-3-4-5-6-7-18-30-19-15-22(24(21-30)13-16-28)9-8-10-23-14-17-29-27-12-11-25(31-2)20-26(23)27/h11-12,14,17,20,22,24H,3-10,13,15-16,18-19,21,28H2,1-2H3/t22-,24+/m1/s1. The highest BCUT2D eigenvalue weighted by atomic mass is 16.5. The number of fused-ring (bicyclic) bond motifs is 1. The Kier molecular flexibility index (Phi) is 10.1. The number of aryl methyl sites for hydroxylation is 1. The summed E-state index contributed by atoms with van der Waals surface area (Å²) in [6.07, 6.45) is 15.0. The van der Waals surface area contributed by atoms with Gasteiger partial charge in [0.25, 0.3) is 0 Å². The molecule has 0 spiro atoms. The number of nitrogens with two attached hydrogens (primary N) is 1. The normalized spacial score (nSPS) is 19.7. The molecule has 4 nitrogen and oxygen atoms in total. The van der Waals surface area contributed by atoms with Crippen LogP contribution in [0.3, 0.4) is 0 Å². The number of likely N-dealkylation sites (tertiary alicyclic amines) is 1. The lowest BCUT2D eigenvalue weighted by Crippen LogP contribution is -2.41. The minimum absolute atomic E-state index is 0.767. The monoisotopic (exact) mass is 425 g/mol. The van der Waals surface area contributed by atoms with Crippen LogP contribution in [0.1, 0.15) is 70.3 Å². The number of benzene rings is 1. The van der Waals surface area contributed by atoms with Gasteiger partial charge in [-0.05, 0) is 99.8 Å². The number of rotatable bonds is 13. The van der Waals surface area contributed by atoms with Gasteiger partial charge in [-0.2, -0.15) is 0 Å². The molecule has 3 rings (SSSR count). The van der Waals surface area contributed by atoms with E-state index in [2.05, 4.69) is 35.0 Å². The zero-order valence-corrected chi connectivity index (χ0v) is 19.8. The molecule has 172 valence electrons. The van der Waals surface area contributed by atoms with Crippen LogP contribution in [0.5, 0.6) is 5.75 Å². The first-order valence-corrected chi connectivity index (χ1v) is 12.6. The zero-order chi connectivity index (χ0) is 21.9. The average molecular weight is 426 g/mol. The number of aromatic nitrogens is 1. The van der Waals surface area contributed by atoms with Crippen LogP contribution in [0.2, 0.25) is 0 Å². The van der Waals surface area contributed by atoms with Gasteiger partial charge in [0.15, 0.2) is 0 Å². The van der Waals surface area contributed by atoms with Crippen molar-refractivity contribution in [3.05, 3.63) is 36.0 Å². The molecule has 0 aliphatic carbocycles. The largest absolute Gasteiger partial charge is 0.497 e. The van der Waals surface area contributed by atoms with Crippen LogP contribution in [0.4, 0.5) is 0 Å². The van der Waals surface area contributed by atoms with Crippen molar-refractivity contribution in [3.63, 3.8) is 0 Å². The third kappa shape index (κ3) is 7.18. The van der Waals surface area contributed by atoms with Crippen molar-refractivity contribution in [2.75, 3.05) is 33.3 Å². The lowest BCUT2D eigenvalue weighted by Gasteiger charge is -2.39. The van der Waals surface area contributed by atoms with Gasteiger partial charge < -0.3 is 15.4 Å². The Labute approximate surface area is 189 Å². The maximum atomic E-state index is 5.99. The van der Waals surface area contributed by atoms with Crippen molar-refractivity contribution in [2.45, 2.75) is 71.1 Å². The van der Waals surface area contributed by atoms with Gasteiger partial charge in [-0.25, -0.2) is 0 Å². The Morgan fingerprint density at radius 2 is 1.94 bits per heavy atom. The van der Waals surface area contributed by atoms with Crippen molar-refractivity contribution >= 4 is 10.9 Å². The average Bonchev–Trinajstić information content (AvgIpc) is 2.80. The van der Waals surface area contributed by atoms with Gasteiger partial charge in [-0.1, -0.05) is 32.6 Å². The van der Waals surface area contributed by atoms with Crippen molar-refractivity contribution < 1.29 is 4.74 Å². The van der Waals surface area contributed by atoms with E-state index in [0.717, 1.165) is 36.1 Å². The van der Waals surface area contributed by atoms with E-state index in [4.69, 9.17) is 10.5 Å². The Hall–Kier alpha value is -1.65. The Morgan fingerprint density at radius 1 is 1.06 bits per heavy atom. The Bertz CT molecular complexity index is 778. The van der Waals surface area contributed by atoms with Crippen molar-refractivity contribution in [1.82, 2.24) is 9.88 Å². The predicted octanol–water partition coefficient (Wildman–Crippen LogP) is 5.82. The van der Waals surface area contributed by atoms with Crippen LogP contribution in [-0.2, 0) is 6.42 Å². The van der Waals surface area contributed by atoms with E-state index in [1.54, 1.807) is 7.11 Å². The molecule has 2 aromatic rings. The molecule has 4 heteroatoms. The molecular formula is C27H43N3O. The van der Waals surface area contributed by atoms with Crippen LogP contribution in [0.15, 0.2) is 30.5 Å². The highest BCUT2D eigenvalue weighted by molar-refractivity contribution is 5.83. The van der Waals surface area contributed by atoms with Crippen molar-refractivity contribution in [3.8, 4) is 5.75 Å². The number of hydrogen-bond acceptors (Lipinski definition) is 4. The molecule has 1 aromatic heterocycles. The summed E-state index contributed by atoms with van der Waals surface area (Å²) in [5.41, 5.74) is 8.45. The molecule has 1 saturated heterocycles. The highest BCUT2D eigenvalue weighted by Crippen LogP contribution is 2.31. The summed E-state index contributed by atoms with van der Waals surface area (Å²) in [7, 11) is 1.73. The molecule has 2 heterocycles. The summed E-state index contributed by atoms with van der Waals surface area (Å²) in [5.74, 6) is 2.50. The van der Waals surface area contributed by atoms with E-state index in [0.29, 0.717) is 0 Å². The first-order chi connectivity index (χ1) is 15.2. The molecule has 0 amide bonds. The van der Waals surface area contributed by atoms with E-state index in [9.17, 15) is 0 Å². The summed E-state index contributed by atoms with van der Waals surface area (Å²) in [4.78, 5) is 7.24. The molecule has 1 aliphatic rings. The highest BCUT2D eigenvalue weighted by Gasteiger charge is 2.28. The molecule has 0 saturated carbocycles. The molecular weight excluding hydrogens is 382 g/mol. The first-order valence-electron chi connectivity index (χ1n) is 12.6. The van der Waals surface area contributed by atoms with E-state index >= 15 is 0 Å². The predicted molar refractivity (Wildman–Crippen MR) is 132 cm³/mol. The fraction of sp³-hybridized carbons (Fsp3) is 0.667. The van der Waals surface area contributed by atoms with Gasteiger partial charge in [-0.15, -0.1) is 0 Å². The minimum Gasteiger partial charge on any atom is -0.497 e. The van der Waals surface area contributed by atoms with Gasteiger partial charge in [-0.3, -0.25) is 4.98 Å². The summed E-state index contributed by atoms with van der Waals surface area (Å²) >= 11 is 0. The summed E-state index contributed by atoms with van der Waals surface area (Å²) in [6.45, 7) is 6.92. The van der Waals surface area contributed by atoms with Gasteiger partial charge in [0.05, 0.1) is 12.6 Å². The number of unbranched alkanes of at least 4 members (excludes halogenated alkanes) is 4. The number of methoxy groups -OCH3 is 1. The maximum absolute atomic E-state index is 5.99. The lowest BCUT2D eigenvalue weighted by molar-refractivity contribution is 0.106. The van der Waals surface area contributed by atoms with E-state index in [-0.39, 0.29) is 0 Å². The summed E-state index contributed by atoms with van der Waals surface area (Å²) < 4.78 is 5.43. The quantitative estimate of drug-likeness (QED) is 0.411. The lowest BCUT2D eigenvalue weighted by atomic mass is 9.79. The number of ether oxygens (including phenoxy) is 1. The minimum atomic E-state index is 0.767. The van der Waals surface area contributed by atoms with Crippen molar-refractivity contribution in [2.24, 2.45) is 17.6 Å². The first kappa shape index (κ1) is 24.0. The molecule has 2 N–H and O–H groups in total. The maximum Gasteiger partial charge on any atom is 0.119 e. The molecule has 2 atom stereocenters. The topological polar surface area (TPSA) is 51.4 Å². The van der Waals surface area contributed by atoms with Gasteiger partial charge in [0, 0.05) is 18.1 Å². The second-order valence-corrected chi connectivity index (χ2v) is 9.35. The summed E-state index contributed by atoms with van der Waals surface area (Å²) in [5, 5.41) is 1.23. The van der Waals surface area contributed by atoms with Crippen LogP contribution < -0.4 is 10.5 Å². The van der Waals surface area contributed by atoms with E-state index in [1.807, 2.05) is 12.3 Å². The number of hydrogen-bond donors (Lipinski definition) is 1. The number of piperidine rings is 1. The third-order valence-electron chi connectivity index (χ3n) is 7.15. The second kappa shape index (κ2) is 13.0. The van der Waals surface area contributed by atoms with Crippen LogP contribution in [0, 0.1) is 11.8 Å². The van der Waals surface area contributed by atoms with E-state index in [1.165, 1.54) is 88.4 Å². The molecule has 0 radical (unpaired) electrons. The van der Waals surface area contributed by atoms with Crippen molar-refractivity contribution in [1.29, 1.82) is 0 Å². The fourth-order valence-electron chi connectivity index (χ4n) is 5.30. The second-order valence-electron chi connectivity index (χ2n) is 9.35. The van der Waals surface area contributed by atoms with Crippen LogP contribution in [0.25, 0.3) is 10.9 Å². The summed E-state index contributed by atoms with van der Waals surface area (Å²) in [6, 6.07) is 8.37. The SMILES string of the molecule is CCCCCCCN1CC[C@@H](CCCc2ccnc3ccc(OC)cc23)[C@@H](CCN)C1. The third-order valence-corrected chi connectivity index (χ3v) is 7.15. The smallest absolute Gasteiger partial charge is 0.119 e. The zero-order valence-electron chi connectivity index (χ0n) is 19.8. The van der Waals surface area contributed by atoms with Gasteiger partial charge in [0.2, 0.25) is 0 Å². The van der Waals surface area contributed by atoms with E-state index < -0.39 is 0 Å². The van der Waals surface area contributed by atoms with Crippen LogP contribution >= 0.6 is 0 Å². The molecule has 0 bridgehead atoms.